The molecule has 0 aliphatic carbocycles. The van der Waals surface area contributed by atoms with Gasteiger partial charge in [0, 0.05) is 19.1 Å². The van der Waals surface area contributed by atoms with E-state index in [1.54, 1.807) is 0 Å². The molecule has 2 N–H and O–H groups in total. The van der Waals surface area contributed by atoms with E-state index in [1.165, 1.54) is 5.56 Å². The lowest BCUT2D eigenvalue weighted by molar-refractivity contribution is -0.126. The van der Waals surface area contributed by atoms with Gasteiger partial charge in [-0.25, -0.2) is 0 Å². The van der Waals surface area contributed by atoms with Crippen molar-refractivity contribution in [3.63, 3.8) is 0 Å². The summed E-state index contributed by atoms with van der Waals surface area (Å²) in [4.78, 5) is 14.9. The average Bonchev–Trinajstić information content (AvgIpc) is 2.97. The molecule has 2 atom stereocenters. The molecule has 4 nitrogen and oxygen atoms in total. The number of benzene rings is 1. The zero-order chi connectivity index (χ0) is 14.5. The number of hydrogen-bond donors (Lipinski definition) is 2. The maximum Gasteiger partial charge on any atom is 0.237 e. The normalized spacial score (nSPS) is 24.3. The molecular formula is C17H27Cl2N3O. The molecule has 23 heavy (non-hydrogen) atoms. The molecule has 0 bridgehead atoms. The van der Waals surface area contributed by atoms with Crippen LogP contribution in [0.25, 0.3) is 0 Å². The summed E-state index contributed by atoms with van der Waals surface area (Å²) in [6.45, 7) is 3.89. The fraction of sp³-hybridized carbons (Fsp3) is 0.588. The molecule has 0 saturated carbocycles. The Morgan fingerprint density at radius 3 is 2.65 bits per heavy atom. The largest absolute Gasteiger partial charge is 0.351 e. The average molecular weight is 360 g/mol. The van der Waals surface area contributed by atoms with Gasteiger partial charge >= 0.3 is 0 Å². The van der Waals surface area contributed by atoms with Crippen LogP contribution in [0, 0.1) is 0 Å². The van der Waals surface area contributed by atoms with Crippen LogP contribution in [0.15, 0.2) is 30.3 Å². The Balaban J connectivity index is 0.00000132. The minimum atomic E-state index is 0. The van der Waals surface area contributed by atoms with E-state index in [1.807, 2.05) is 6.07 Å². The number of halogens is 2. The molecule has 1 aromatic carbocycles. The van der Waals surface area contributed by atoms with Crippen LogP contribution in [-0.2, 0) is 11.3 Å². The molecule has 3 rings (SSSR count). The molecule has 1 aromatic rings. The molecule has 2 aliphatic rings. The number of carbonyl (C=O) groups excluding carboxylic acids is 1. The summed E-state index contributed by atoms with van der Waals surface area (Å²) < 4.78 is 0. The summed E-state index contributed by atoms with van der Waals surface area (Å²) >= 11 is 0. The number of piperidine rings is 1. The van der Waals surface area contributed by atoms with Gasteiger partial charge in [0.15, 0.2) is 0 Å². The van der Waals surface area contributed by atoms with Crippen molar-refractivity contribution < 1.29 is 4.79 Å². The van der Waals surface area contributed by atoms with Gasteiger partial charge in [-0.1, -0.05) is 30.3 Å². The van der Waals surface area contributed by atoms with Crippen molar-refractivity contribution in [3.05, 3.63) is 35.9 Å². The van der Waals surface area contributed by atoms with E-state index in [9.17, 15) is 4.79 Å². The quantitative estimate of drug-likeness (QED) is 0.867. The minimum absolute atomic E-state index is 0. The summed E-state index contributed by atoms with van der Waals surface area (Å²) in [5.74, 6) is 0.220. The highest BCUT2D eigenvalue weighted by atomic mass is 35.5. The van der Waals surface area contributed by atoms with Crippen molar-refractivity contribution in [1.82, 2.24) is 15.5 Å². The Kier molecular flexibility index (Phi) is 8.92. The first-order chi connectivity index (χ1) is 10.3. The topological polar surface area (TPSA) is 44.4 Å². The summed E-state index contributed by atoms with van der Waals surface area (Å²) in [6, 6.07) is 10.8. The molecule has 2 saturated heterocycles. The lowest BCUT2D eigenvalue weighted by Crippen LogP contribution is -2.51. The number of carbonyl (C=O) groups is 1. The maximum absolute atomic E-state index is 12.5. The van der Waals surface area contributed by atoms with Crippen LogP contribution in [0.2, 0.25) is 0 Å². The Labute approximate surface area is 151 Å². The van der Waals surface area contributed by atoms with Crippen LogP contribution in [0.5, 0.6) is 0 Å². The molecule has 0 aromatic heterocycles. The van der Waals surface area contributed by atoms with Gasteiger partial charge in [0.25, 0.3) is 0 Å². The molecular weight excluding hydrogens is 333 g/mol. The number of rotatable bonds is 4. The van der Waals surface area contributed by atoms with E-state index in [0.29, 0.717) is 6.04 Å². The SMILES string of the molecule is Cl.Cl.O=C(NC1CCCNC1)C1CCCN1Cc1ccccc1. The van der Waals surface area contributed by atoms with E-state index >= 15 is 0 Å². The minimum Gasteiger partial charge on any atom is -0.351 e. The van der Waals surface area contributed by atoms with E-state index in [0.717, 1.165) is 51.9 Å². The van der Waals surface area contributed by atoms with E-state index in [4.69, 9.17) is 0 Å². The van der Waals surface area contributed by atoms with Crippen molar-refractivity contribution in [2.45, 2.75) is 44.3 Å². The van der Waals surface area contributed by atoms with Gasteiger partial charge in [-0.2, -0.15) is 0 Å². The van der Waals surface area contributed by atoms with E-state index < -0.39 is 0 Å². The first kappa shape index (κ1) is 20.2. The summed E-state index contributed by atoms with van der Waals surface area (Å²) in [5, 5.41) is 6.59. The second-order valence-corrected chi connectivity index (χ2v) is 6.17. The van der Waals surface area contributed by atoms with Crippen molar-refractivity contribution in [3.8, 4) is 0 Å². The second-order valence-electron chi connectivity index (χ2n) is 6.17. The van der Waals surface area contributed by atoms with Gasteiger partial charge in [-0.05, 0) is 44.3 Å². The predicted molar refractivity (Wildman–Crippen MR) is 98.4 cm³/mol. The Bertz CT molecular complexity index is 466. The smallest absolute Gasteiger partial charge is 0.237 e. The van der Waals surface area contributed by atoms with Crippen LogP contribution >= 0.6 is 24.8 Å². The summed E-state index contributed by atoms with van der Waals surface area (Å²) in [7, 11) is 0. The monoisotopic (exact) mass is 359 g/mol. The van der Waals surface area contributed by atoms with Crippen molar-refractivity contribution in [1.29, 1.82) is 0 Å². The number of hydrogen-bond acceptors (Lipinski definition) is 3. The zero-order valence-electron chi connectivity index (χ0n) is 13.4. The van der Waals surface area contributed by atoms with Gasteiger partial charge in [0.1, 0.15) is 0 Å². The van der Waals surface area contributed by atoms with Gasteiger partial charge in [0.2, 0.25) is 5.91 Å². The highest BCUT2D eigenvalue weighted by molar-refractivity contribution is 5.85. The molecule has 0 spiro atoms. The molecule has 1 amide bonds. The van der Waals surface area contributed by atoms with E-state index in [-0.39, 0.29) is 36.8 Å². The van der Waals surface area contributed by atoms with Crippen molar-refractivity contribution in [2.75, 3.05) is 19.6 Å². The predicted octanol–water partition coefficient (Wildman–Crippen LogP) is 2.36. The molecule has 6 heteroatoms. The van der Waals surface area contributed by atoms with Crippen LogP contribution in [0.3, 0.4) is 0 Å². The zero-order valence-corrected chi connectivity index (χ0v) is 15.0. The lowest BCUT2D eigenvalue weighted by atomic mass is 10.1. The first-order valence-corrected chi connectivity index (χ1v) is 8.12. The molecule has 130 valence electrons. The number of likely N-dealkylation sites (tertiary alicyclic amines) is 1. The van der Waals surface area contributed by atoms with E-state index in [2.05, 4.69) is 39.8 Å². The third-order valence-electron chi connectivity index (χ3n) is 4.54. The number of nitrogens with one attached hydrogen (secondary N) is 2. The lowest BCUT2D eigenvalue weighted by Gasteiger charge is -2.28. The highest BCUT2D eigenvalue weighted by Crippen LogP contribution is 2.20. The highest BCUT2D eigenvalue weighted by Gasteiger charge is 2.31. The standard InChI is InChI=1S/C17H25N3O.2ClH/c21-17(19-15-8-4-10-18-12-15)16-9-5-11-20(16)13-14-6-2-1-3-7-14;;/h1-3,6-7,15-16,18H,4-5,8-13H2,(H,19,21);2*1H. The van der Waals surface area contributed by atoms with Crippen LogP contribution < -0.4 is 10.6 Å². The number of amides is 1. The molecule has 2 fully saturated rings. The third kappa shape index (κ3) is 5.64. The van der Waals surface area contributed by atoms with Gasteiger partial charge in [-0.3, -0.25) is 9.69 Å². The van der Waals surface area contributed by atoms with Gasteiger partial charge < -0.3 is 10.6 Å². The van der Waals surface area contributed by atoms with Crippen molar-refractivity contribution in [2.24, 2.45) is 0 Å². The molecule has 0 radical (unpaired) electrons. The molecule has 2 unspecified atom stereocenters. The number of nitrogens with zero attached hydrogens (tertiary/aromatic N) is 1. The Morgan fingerprint density at radius 1 is 1.17 bits per heavy atom. The van der Waals surface area contributed by atoms with Gasteiger partial charge in [0.05, 0.1) is 6.04 Å². The molecule has 2 heterocycles. The van der Waals surface area contributed by atoms with Crippen LogP contribution in [0.1, 0.15) is 31.2 Å². The maximum atomic E-state index is 12.5. The van der Waals surface area contributed by atoms with Gasteiger partial charge in [-0.15, -0.1) is 24.8 Å². The van der Waals surface area contributed by atoms with Crippen LogP contribution in [0.4, 0.5) is 0 Å². The second kappa shape index (κ2) is 10.1. The Morgan fingerprint density at radius 2 is 1.96 bits per heavy atom. The Hall–Kier alpha value is -0.810. The fourth-order valence-electron chi connectivity index (χ4n) is 3.40. The fourth-order valence-corrected chi connectivity index (χ4v) is 3.40. The summed E-state index contributed by atoms with van der Waals surface area (Å²) in [6.07, 6.45) is 4.36. The van der Waals surface area contributed by atoms with Crippen LogP contribution in [-0.4, -0.2) is 42.5 Å². The first-order valence-electron chi connectivity index (χ1n) is 8.12. The molecule has 2 aliphatic heterocycles. The van der Waals surface area contributed by atoms with Crippen molar-refractivity contribution >= 4 is 30.7 Å². The third-order valence-corrected chi connectivity index (χ3v) is 4.54. The summed E-state index contributed by atoms with van der Waals surface area (Å²) in [5.41, 5.74) is 1.29.